The minimum absolute atomic E-state index is 0.0433. The number of rotatable bonds is 6. The van der Waals surface area contributed by atoms with Crippen LogP contribution in [0, 0.1) is 0 Å². The highest BCUT2D eigenvalue weighted by atomic mass is 79.9. The van der Waals surface area contributed by atoms with Crippen LogP contribution < -0.4 is 20.0 Å². The number of amides is 1. The number of hydrogen-bond acceptors (Lipinski definition) is 6. The van der Waals surface area contributed by atoms with Gasteiger partial charge in [-0.15, -0.1) is 0 Å². The topological polar surface area (TPSA) is 57.3 Å². The Balaban J connectivity index is 1.19. The molecule has 0 radical (unpaired) electrons. The van der Waals surface area contributed by atoms with E-state index in [1.807, 2.05) is 35.2 Å². The van der Waals surface area contributed by atoms with Gasteiger partial charge < -0.3 is 14.5 Å². The van der Waals surface area contributed by atoms with E-state index < -0.39 is 0 Å². The Labute approximate surface area is 222 Å². The largest absolute Gasteiger partial charge is 0.489 e. The molecular weight excluding hydrogens is 520 g/mol. The first-order chi connectivity index (χ1) is 17.2. The normalized spacial score (nSPS) is 21.4. The first kappa shape index (κ1) is 25.1. The predicted molar refractivity (Wildman–Crippen MR) is 146 cm³/mol. The Morgan fingerprint density at radius 3 is 2.64 bits per heavy atom. The summed E-state index contributed by atoms with van der Waals surface area (Å²) < 4.78 is 7.05. The molecule has 2 aromatic rings. The van der Waals surface area contributed by atoms with Crippen LogP contribution in [0.15, 0.2) is 58.7 Å². The number of carbonyl (C=O) groups is 1. The van der Waals surface area contributed by atoms with Gasteiger partial charge in [-0.3, -0.25) is 20.0 Å². The highest BCUT2D eigenvalue weighted by Gasteiger charge is 2.40. The number of carbonyl (C=O) groups excluding carboxylic acids is 1. The quantitative estimate of drug-likeness (QED) is 0.568. The van der Waals surface area contributed by atoms with E-state index in [1.165, 1.54) is 5.56 Å². The van der Waals surface area contributed by atoms with Crippen LogP contribution in [-0.4, -0.2) is 62.3 Å². The molecule has 0 aliphatic carbocycles. The molecule has 1 atom stereocenters. The van der Waals surface area contributed by atoms with Crippen LogP contribution in [0.2, 0.25) is 0 Å². The van der Waals surface area contributed by atoms with E-state index in [9.17, 15) is 4.79 Å². The van der Waals surface area contributed by atoms with Crippen LogP contribution in [0.25, 0.3) is 0 Å². The molecule has 8 heteroatoms. The van der Waals surface area contributed by atoms with Gasteiger partial charge in [0, 0.05) is 54.8 Å². The first-order valence-corrected chi connectivity index (χ1v) is 13.5. The van der Waals surface area contributed by atoms with E-state index >= 15 is 0 Å². The summed E-state index contributed by atoms with van der Waals surface area (Å²) in [4.78, 5) is 25.9. The first-order valence-electron chi connectivity index (χ1n) is 12.7. The second-order valence-electron chi connectivity index (χ2n) is 10.7. The number of nitrogens with one attached hydrogen (secondary N) is 1. The van der Waals surface area contributed by atoms with Gasteiger partial charge in [0.2, 0.25) is 0 Å². The lowest BCUT2D eigenvalue weighted by atomic mass is 9.87. The number of nitrogens with zero attached hydrogens (tertiary/aromatic N) is 3. The van der Waals surface area contributed by atoms with Crippen molar-refractivity contribution in [1.29, 1.82) is 0 Å². The summed E-state index contributed by atoms with van der Waals surface area (Å²) in [6.07, 6.45) is 1.92. The molecule has 2 aromatic carbocycles. The number of hydrogen-bond donors (Lipinski definition) is 1. The number of fused-ring (bicyclic) bond motifs is 1. The van der Waals surface area contributed by atoms with Gasteiger partial charge in [0.15, 0.2) is 0 Å². The van der Waals surface area contributed by atoms with E-state index in [1.54, 1.807) is 0 Å². The van der Waals surface area contributed by atoms with E-state index in [0.717, 1.165) is 54.3 Å². The van der Waals surface area contributed by atoms with Gasteiger partial charge in [0.25, 0.3) is 5.91 Å². The lowest BCUT2D eigenvalue weighted by Gasteiger charge is -2.37. The third-order valence-electron chi connectivity index (χ3n) is 7.06. The van der Waals surface area contributed by atoms with Gasteiger partial charge in [-0.25, -0.2) is 0 Å². The van der Waals surface area contributed by atoms with Crippen molar-refractivity contribution in [2.45, 2.75) is 45.3 Å². The maximum Gasteiger partial charge on any atom is 0.276 e. The van der Waals surface area contributed by atoms with Gasteiger partial charge in [-0.2, -0.15) is 0 Å². The Kier molecular flexibility index (Phi) is 7.03. The van der Waals surface area contributed by atoms with Crippen molar-refractivity contribution in [2.75, 3.05) is 49.1 Å². The second kappa shape index (κ2) is 10.1. The summed E-state index contributed by atoms with van der Waals surface area (Å²) >= 11 is 3.56. The maximum atomic E-state index is 13.4. The molecule has 1 amide bonds. The molecule has 1 saturated heterocycles. The zero-order valence-corrected chi connectivity index (χ0v) is 23.0. The van der Waals surface area contributed by atoms with E-state index in [0.29, 0.717) is 12.2 Å². The maximum absolute atomic E-state index is 13.4. The van der Waals surface area contributed by atoms with E-state index in [2.05, 4.69) is 77.1 Å². The van der Waals surface area contributed by atoms with Crippen molar-refractivity contribution in [3.8, 4) is 5.75 Å². The third-order valence-corrected chi connectivity index (χ3v) is 7.55. The average Bonchev–Trinajstić information content (AvgIpc) is 3.41. The summed E-state index contributed by atoms with van der Waals surface area (Å²) in [5, 5.41) is 0. The van der Waals surface area contributed by atoms with Crippen LogP contribution >= 0.6 is 15.9 Å². The molecule has 1 unspecified atom stereocenters. The van der Waals surface area contributed by atoms with Crippen molar-refractivity contribution in [2.24, 2.45) is 0 Å². The number of piperazine rings is 1. The number of halogens is 1. The molecule has 3 aliphatic heterocycles. The second-order valence-corrected chi connectivity index (χ2v) is 11.6. The molecule has 1 fully saturated rings. The zero-order chi connectivity index (χ0) is 25.4. The van der Waals surface area contributed by atoms with E-state index in [4.69, 9.17) is 9.57 Å². The molecule has 0 aromatic heterocycles. The van der Waals surface area contributed by atoms with Crippen LogP contribution in [0.3, 0.4) is 0 Å². The summed E-state index contributed by atoms with van der Waals surface area (Å²) in [5.74, 6) is 0.896. The molecule has 3 aliphatic rings. The van der Waals surface area contributed by atoms with Crippen molar-refractivity contribution < 1.29 is 14.4 Å². The fourth-order valence-electron chi connectivity index (χ4n) is 5.27. The molecule has 3 heterocycles. The monoisotopic (exact) mass is 554 g/mol. The standard InChI is InChI=1S/C28H35BrN4O3/c1-19(2)35-26-8-6-5-7-25(26)32-13-11-31(12-14-32)17-21-16-23(30-36-21)27(34)33-18-28(3,4)22-15-20(29)9-10-24(22)33/h5-10,15-16,19,21,30H,11-14,17-18H2,1-4H3. The van der Waals surface area contributed by atoms with Crippen LogP contribution in [-0.2, 0) is 15.0 Å². The molecule has 0 spiro atoms. The Bertz CT molecular complexity index is 1160. The molecule has 1 N–H and O–H groups in total. The zero-order valence-electron chi connectivity index (χ0n) is 21.5. The summed E-state index contributed by atoms with van der Waals surface area (Å²) in [6.45, 7) is 13.5. The molecule has 36 heavy (non-hydrogen) atoms. The van der Waals surface area contributed by atoms with Gasteiger partial charge >= 0.3 is 0 Å². The lowest BCUT2D eigenvalue weighted by molar-refractivity contribution is -0.116. The van der Waals surface area contributed by atoms with Crippen molar-refractivity contribution >= 4 is 33.2 Å². The van der Waals surface area contributed by atoms with Gasteiger partial charge in [0.1, 0.15) is 17.6 Å². The minimum Gasteiger partial charge on any atom is -0.489 e. The fraction of sp³-hybridized carbons (Fsp3) is 0.464. The molecule has 5 rings (SSSR count). The van der Waals surface area contributed by atoms with Gasteiger partial charge in [0.05, 0.1) is 11.8 Å². The van der Waals surface area contributed by atoms with Crippen LogP contribution in [0.1, 0.15) is 33.3 Å². The molecule has 192 valence electrons. The Morgan fingerprint density at radius 1 is 1.14 bits per heavy atom. The number of ether oxygens (including phenoxy) is 1. The van der Waals surface area contributed by atoms with Crippen molar-refractivity contribution in [3.05, 3.63) is 64.3 Å². The number of para-hydroxylation sites is 2. The lowest BCUT2D eigenvalue weighted by Crippen LogP contribution is -2.48. The van der Waals surface area contributed by atoms with Crippen molar-refractivity contribution in [1.82, 2.24) is 10.4 Å². The average molecular weight is 556 g/mol. The summed E-state index contributed by atoms with van der Waals surface area (Å²) in [5.41, 5.74) is 6.62. The van der Waals surface area contributed by atoms with Gasteiger partial charge in [-0.1, -0.05) is 41.9 Å². The van der Waals surface area contributed by atoms with Crippen LogP contribution in [0.5, 0.6) is 5.75 Å². The third kappa shape index (κ3) is 5.12. The van der Waals surface area contributed by atoms with Crippen molar-refractivity contribution in [3.63, 3.8) is 0 Å². The molecule has 7 nitrogen and oxygen atoms in total. The molecular formula is C28H35BrN4O3. The summed E-state index contributed by atoms with van der Waals surface area (Å²) in [7, 11) is 0. The predicted octanol–water partition coefficient (Wildman–Crippen LogP) is 4.47. The fourth-order valence-corrected chi connectivity index (χ4v) is 5.63. The van der Waals surface area contributed by atoms with E-state index in [-0.39, 0.29) is 23.5 Å². The minimum atomic E-state index is -0.160. The molecule has 0 bridgehead atoms. The number of anilines is 2. The van der Waals surface area contributed by atoms with Crippen LogP contribution in [0.4, 0.5) is 11.4 Å². The summed E-state index contributed by atoms with van der Waals surface area (Å²) in [6, 6.07) is 14.4. The highest BCUT2D eigenvalue weighted by Crippen LogP contribution is 2.42. The Hall–Kier alpha value is -2.55. The van der Waals surface area contributed by atoms with Gasteiger partial charge in [-0.05, 0) is 55.8 Å². The highest BCUT2D eigenvalue weighted by molar-refractivity contribution is 9.10. The SMILES string of the molecule is CC(C)Oc1ccccc1N1CCN(CC2C=C(C(=O)N3CC(C)(C)c4cc(Br)ccc43)NO2)CC1. The number of hydroxylamine groups is 1. The molecule has 0 saturated carbocycles. The Morgan fingerprint density at radius 2 is 1.89 bits per heavy atom. The smallest absolute Gasteiger partial charge is 0.276 e. The number of benzene rings is 2.